The molecule has 0 bridgehead atoms. The summed E-state index contributed by atoms with van der Waals surface area (Å²) in [5, 5.41) is 26.5. The number of carbonyl (C=O) groups excluding carboxylic acids is 1. The second-order valence-electron chi connectivity index (χ2n) is 7.61. The summed E-state index contributed by atoms with van der Waals surface area (Å²) >= 11 is 0. The number of hydrogen-bond acceptors (Lipinski definition) is 6. The Morgan fingerprint density at radius 2 is 2.07 bits per heavy atom. The molecule has 2 aromatic rings. The molecule has 0 aliphatic heterocycles. The number of nitrogens with one attached hydrogen (secondary N) is 2. The van der Waals surface area contributed by atoms with Crippen LogP contribution in [0.15, 0.2) is 23.0 Å². The van der Waals surface area contributed by atoms with Crippen molar-refractivity contribution in [3.05, 3.63) is 45.4 Å². The molecule has 0 saturated carbocycles. The molecule has 0 saturated heterocycles. The predicted molar refractivity (Wildman–Crippen MR) is 102 cm³/mol. The van der Waals surface area contributed by atoms with Gasteiger partial charge in [-0.3, -0.25) is 14.7 Å². The summed E-state index contributed by atoms with van der Waals surface area (Å²) in [6.45, 7) is 7.15. The Hall–Kier alpha value is -2.74. The first-order valence-corrected chi connectivity index (χ1v) is 9.33. The van der Waals surface area contributed by atoms with Crippen LogP contribution in [-0.4, -0.2) is 44.7 Å². The van der Waals surface area contributed by atoms with Crippen LogP contribution < -0.4 is 10.3 Å². The molecule has 3 rings (SSSR count). The number of aliphatic hydroxyl groups is 1. The average Bonchev–Trinajstić information content (AvgIpc) is 2.94. The number of phenols is 1. The van der Waals surface area contributed by atoms with E-state index in [1.54, 1.807) is 39.8 Å². The molecule has 0 radical (unpaired) electrons. The molecule has 8 heteroatoms. The fraction of sp³-hybridized carbons (Fsp3) is 0.500. The smallest absolute Gasteiger partial charge is 0.313 e. The van der Waals surface area contributed by atoms with Gasteiger partial charge in [0.25, 0.3) is 5.56 Å². The number of aromatic amines is 2. The lowest BCUT2D eigenvalue weighted by Gasteiger charge is -2.40. The van der Waals surface area contributed by atoms with Gasteiger partial charge in [-0.05, 0) is 45.4 Å². The second kappa shape index (κ2) is 7.35. The van der Waals surface area contributed by atoms with Crippen molar-refractivity contribution in [2.45, 2.75) is 51.7 Å². The fourth-order valence-electron chi connectivity index (χ4n) is 3.92. The van der Waals surface area contributed by atoms with Crippen LogP contribution >= 0.6 is 0 Å². The van der Waals surface area contributed by atoms with Crippen molar-refractivity contribution < 1.29 is 24.5 Å². The maximum Gasteiger partial charge on any atom is 0.313 e. The van der Waals surface area contributed by atoms with Gasteiger partial charge in [0.05, 0.1) is 24.2 Å². The first kappa shape index (κ1) is 20.0. The third-order valence-corrected chi connectivity index (χ3v) is 4.99. The molecule has 4 N–H and O–H groups in total. The van der Waals surface area contributed by atoms with Gasteiger partial charge in [-0.25, -0.2) is 0 Å². The SMILES string of the molecule is CCOc1cc([C@H]2c3c([nH][nH]c3=O)C[C@@](C)(O)[C@@H]2C(=O)OC(C)C)ccc1O. The van der Waals surface area contributed by atoms with E-state index in [9.17, 15) is 19.8 Å². The summed E-state index contributed by atoms with van der Waals surface area (Å²) in [4.78, 5) is 25.5. The van der Waals surface area contributed by atoms with Crippen molar-refractivity contribution in [3.63, 3.8) is 0 Å². The molecule has 28 heavy (non-hydrogen) atoms. The highest BCUT2D eigenvalue weighted by atomic mass is 16.5. The van der Waals surface area contributed by atoms with Gasteiger partial charge in [-0.15, -0.1) is 0 Å². The van der Waals surface area contributed by atoms with E-state index in [-0.39, 0.29) is 29.6 Å². The summed E-state index contributed by atoms with van der Waals surface area (Å²) in [5.74, 6) is -2.15. The van der Waals surface area contributed by atoms with Crippen LogP contribution in [0.2, 0.25) is 0 Å². The average molecular weight is 390 g/mol. The van der Waals surface area contributed by atoms with Crippen LogP contribution in [0.4, 0.5) is 0 Å². The zero-order valence-electron chi connectivity index (χ0n) is 16.4. The van der Waals surface area contributed by atoms with Crippen LogP contribution in [0, 0.1) is 5.92 Å². The van der Waals surface area contributed by atoms with E-state index < -0.39 is 23.4 Å². The molecule has 0 spiro atoms. The van der Waals surface area contributed by atoms with Crippen molar-refractivity contribution in [1.29, 1.82) is 0 Å². The summed E-state index contributed by atoms with van der Waals surface area (Å²) in [6, 6.07) is 4.67. The fourth-order valence-corrected chi connectivity index (χ4v) is 3.92. The lowest BCUT2D eigenvalue weighted by atomic mass is 9.66. The van der Waals surface area contributed by atoms with Crippen molar-refractivity contribution in [3.8, 4) is 11.5 Å². The Kier molecular flexibility index (Phi) is 5.25. The number of ether oxygens (including phenoxy) is 2. The number of fused-ring (bicyclic) bond motifs is 1. The third kappa shape index (κ3) is 3.52. The number of H-pyrrole nitrogens is 2. The largest absolute Gasteiger partial charge is 0.504 e. The minimum atomic E-state index is -1.45. The molecule has 3 atom stereocenters. The van der Waals surface area contributed by atoms with E-state index in [0.29, 0.717) is 23.4 Å². The van der Waals surface area contributed by atoms with Crippen LogP contribution in [0.3, 0.4) is 0 Å². The van der Waals surface area contributed by atoms with E-state index in [2.05, 4.69) is 10.2 Å². The molecule has 0 amide bonds. The highest BCUT2D eigenvalue weighted by Crippen LogP contribution is 2.46. The Balaban J connectivity index is 2.20. The number of hydrogen-bond donors (Lipinski definition) is 4. The molecule has 1 aliphatic rings. The minimum absolute atomic E-state index is 0.0438. The van der Waals surface area contributed by atoms with Gasteiger partial charge in [0.1, 0.15) is 0 Å². The van der Waals surface area contributed by atoms with Crippen LogP contribution in [0.25, 0.3) is 0 Å². The number of rotatable bonds is 5. The van der Waals surface area contributed by atoms with E-state index in [1.165, 1.54) is 6.07 Å². The molecular formula is C20H26N2O6. The zero-order valence-corrected chi connectivity index (χ0v) is 16.4. The number of carbonyl (C=O) groups is 1. The highest BCUT2D eigenvalue weighted by Gasteiger charge is 2.51. The van der Waals surface area contributed by atoms with E-state index in [0.717, 1.165) is 0 Å². The number of phenolic OH excluding ortho intramolecular Hbond substituents is 1. The van der Waals surface area contributed by atoms with Crippen molar-refractivity contribution >= 4 is 5.97 Å². The lowest BCUT2D eigenvalue weighted by Crippen LogP contribution is -2.50. The Bertz CT molecular complexity index is 927. The molecule has 1 aromatic carbocycles. The number of benzene rings is 1. The van der Waals surface area contributed by atoms with Gasteiger partial charge in [0, 0.05) is 23.6 Å². The monoisotopic (exact) mass is 390 g/mol. The molecular weight excluding hydrogens is 364 g/mol. The van der Waals surface area contributed by atoms with Gasteiger partial charge in [-0.1, -0.05) is 6.07 Å². The Morgan fingerprint density at radius 1 is 1.36 bits per heavy atom. The maximum absolute atomic E-state index is 12.9. The van der Waals surface area contributed by atoms with Gasteiger partial charge < -0.3 is 24.8 Å². The van der Waals surface area contributed by atoms with Crippen molar-refractivity contribution in [2.24, 2.45) is 5.92 Å². The molecule has 0 unspecified atom stereocenters. The Labute approximate surface area is 162 Å². The van der Waals surface area contributed by atoms with E-state index >= 15 is 0 Å². The summed E-state index contributed by atoms with van der Waals surface area (Å²) < 4.78 is 10.9. The van der Waals surface area contributed by atoms with Gasteiger partial charge >= 0.3 is 5.97 Å². The first-order valence-electron chi connectivity index (χ1n) is 9.33. The van der Waals surface area contributed by atoms with Crippen molar-refractivity contribution in [2.75, 3.05) is 6.61 Å². The summed E-state index contributed by atoms with van der Waals surface area (Å²) in [5.41, 5.74) is -0.314. The van der Waals surface area contributed by atoms with E-state index in [4.69, 9.17) is 9.47 Å². The molecule has 8 nitrogen and oxygen atoms in total. The maximum atomic E-state index is 12.9. The number of esters is 1. The summed E-state index contributed by atoms with van der Waals surface area (Å²) in [6.07, 6.45) is -0.264. The van der Waals surface area contributed by atoms with Crippen LogP contribution in [0.1, 0.15) is 50.4 Å². The van der Waals surface area contributed by atoms with E-state index in [1.807, 2.05) is 0 Å². The third-order valence-electron chi connectivity index (χ3n) is 4.99. The topological polar surface area (TPSA) is 125 Å². The second-order valence-corrected chi connectivity index (χ2v) is 7.61. The van der Waals surface area contributed by atoms with Crippen molar-refractivity contribution in [1.82, 2.24) is 10.2 Å². The zero-order chi connectivity index (χ0) is 20.6. The quantitative estimate of drug-likeness (QED) is 0.577. The molecule has 1 aromatic heterocycles. The minimum Gasteiger partial charge on any atom is -0.504 e. The highest BCUT2D eigenvalue weighted by molar-refractivity contribution is 5.77. The standard InChI is InChI=1S/C20H26N2O6/c1-5-27-14-8-11(6-7-13(14)23)15-16-12(21-22-18(16)24)9-20(4,26)17(15)19(25)28-10(2)3/h6-8,10,15,17,23,26H,5,9H2,1-4H3,(H2,21,22,24)/t15-,17-,20+/m0/s1. The van der Waals surface area contributed by atoms with Gasteiger partial charge in [-0.2, -0.15) is 0 Å². The molecule has 1 heterocycles. The molecule has 0 fully saturated rings. The number of aromatic nitrogens is 2. The number of aromatic hydroxyl groups is 1. The van der Waals surface area contributed by atoms with Crippen LogP contribution in [-0.2, 0) is 16.0 Å². The van der Waals surface area contributed by atoms with Crippen LogP contribution in [0.5, 0.6) is 11.5 Å². The normalized spacial score (nSPS) is 24.1. The van der Waals surface area contributed by atoms with Gasteiger partial charge in [0.15, 0.2) is 11.5 Å². The van der Waals surface area contributed by atoms with Gasteiger partial charge in [0.2, 0.25) is 0 Å². The Morgan fingerprint density at radius 3 is 2.71 bits per heavy atom. The first-order chi connectivity index (χ1) is 13.2. The molecule has 152 valence electrons. The summed E-state index contributed by atoms with van der Waals surface area (Å²) in [7, 11) is 0. The predicted octanol–water partition coefficient (Wildman–Crippen LogP) is 1.81. The molecule has 1 aliphatic carbocycles. The lowest BCUT2D eigenvalue weighted by molar-refractivity contribution is -0.163.